The maximum absolute atomic E-state index is 12.7. The molecule has 0 radical (unpaired) electrons. The molecule has 4 aromatic rings. The van der Waals surface area contributed by atoms with E-state index in [1.807, 2.05) is 54.6 Å². The number of fused-ring (bicyclic) bond motifs is 1. The molecule has 0 spiro atoms. The van der Waals surface area contributed by atoms with E-state index in [1.165, 1.54) is 0 Å². The number of benzene rings is 2. The molecule has 0 N–H and O–H groups in total. The van der Waals surface area contributed by atoms with Gasteiger partial charge in [-0.1, -0.05) is 29.8 Å². The van der Waals surface area contributed by atoms with Gasteiger partial charge in [-0.25, -0.2) is 9.78 Å². The van der Waals surface area contributed by atoms with Crippen LogP contribution in [0.5, 0.6) is 0 Å². The third-order valence-electron chi connectivity index (χ3n) is 4.11. The molecule has 4 rings (SSSR count). The Morgan fingerprint density at radius 1 is 1.07 bits per heavy atom. The minimum Gasteiger partial charge on any atom is -0.463 e. The zero-order chi connectivity index (χ0) is 19.3. The Kier molecular flexibility index (Phi) is 5.65. The summed E-state index contributed by atoms with van der Waals surface area (Å²) in [4.78, 5) is 18.4. The number of para-hydroxylation sites is 1. The highest BCUT2D eigenvalue weighted by molar-refractivity contribution is 7.99. The van der Waals surface area contributed by atoms with Crippen LogP contribution in [0.3, 0.4) is 0 Å². The van der Waals surface area contributed by atoms with Gasteiger partial charge < -0.3 is 9.15 Å². The number of pyridine rings is 1. The summed E-state index contributed by atoms with van der Waals surface area (Å²) in [6.45, 7) is 0.304. The van der Waals surface area contributed by atoms with Crippen molar-refractivity contribution in [2.75, 3.05) is 12.4 Å². The fourth-order valence-electron chi connectivity index (χ4n) is 2.80. The zero-order valence-corrected chi connectivity index (χ0v) is 16.4. The number of furan rings is 1. The molecule has 0 aliphatic carbocycles. The summed E-state index contributed by atoms with van der Waals surface area (Å²) in [5, 5.41) is 1.46. The highest BCUT2D eigenvalue weighted by Gasteiger charge is 2.16. The van der Waals surface area contributed by atoms with Gasteiger partial charge in [0.15, 0.2) is 5.76 Å². The first-order chi connectivity index (χ1) is 13.7. The third kappa shape index (κ3) is 4.21. The summed E-state index contributed by atoms with van der Waals surface area (Å²) < 4.78 is 10.9. The van der Waals surface area contributed by atoms with Crippen molar-refractivity contribution in [3.8, 4) is 11.5 Å². The van der Waals surface area contributed by atoms with Crippen LogP contribution in [-0.2, 0) is 4.74 Å². The minimum absolute atomic E-state index is 0.304. The van der Waals surface area contributed by atoms with Crippen LogP contribution in [0.25, 0.3) is 22.4 Å². The van der Waals surface area contributed by atoms with Gasteiger partial charge >= 0.3 is 5.97 Å². The van der Waals surface area contributed by atoms with Crippen molar-refractivity contribution in [2.24, 2.45) is 0 Å². The zero-order valence-electron chi connectivity index (χ0n) is 14.8. The Morgan fingerprint density at radius 2 is 1.89 bits per heavy atom. The lowest BCUT2D eigenvalue weighted by molar-refractivity contribution is 0.0532. The second kappa shape index (κ2) is 8.50. The van der Waals surface area contributed by atoms with E-state index < -0.39 is 0 Å². The Bertz CT molecular complexity index is 1090. The Balaban J connectivity index is 1.49. The van der Waals surface area contributed by atoms with Crippen molar-refractivity contribution in [3.05, 3.63) is 83.6 Å². The van der Waals surface area contributed by atoms with Gasteiger partial charge in [-0.05, 0) is 48.5 Å². The molecule has 2 aromatic carbocycles. The van der Waals surface area contributed by atoms with Crippen LogP contribution in [0.1, 0.15) is 10.4 Å². The average molecular weight is 410 g/mol. The molecule has 0 fully saturated rings. The number of aromatic nitrogens is 1. The number of carbonyl (C=O) groups excluding carboxylic acids is 1. The average Bonchev–Trinajstić information content (AvgIpc) is 3.26. The van der Waals surface area contributed by atoms with E-state index in [0.29, 0.717) is 34.4 Å². The van der Waals surface area contributed by atoms with E-state index in [1.54, 1.807) is 30.2 Å². The maximum Gasteiger partial charge on any atom is 0.338 e. The molecular weight excluding hydrogens is 394 g/mol. The van der Waals surface area contributed by atoms with Gasteiger partial charge in [0, 0.05) is 21.1 Å². The van der Waals surface area contributed by atoms with E-state index in [4.69, 9.17) is 20.8 Å². The molecule has 2 aromatic heterocycles. The summed E-state index contributed by atoms with van der Waals surface area (Å²) >= 11 is 7.50. The third-order valence-corrected chi connectivity index (χ3v) is 5.34. The maximum atomic E-state index is 12.7. The van der Waals surface area contributed by atoms with E-state index in [0.717, 1.165) is 15.8 Å². The normalized spacial score (nSPS) is 10.9. The van der Waals surface area contributed by atoms with Crippen LogP contribution in [-0.4, -0.2) is 23.3 Å². The monoisotopic (exact) mass is 409 g/mol. The van der Waals surface area contributed by atoms with Gasteiger partial charge in [0.25, 0.3) is 0 Å². The second-order valence-electron chi connectivity index (χ2n) is 5.99. The SMILES string of the molecule is O=C(OCCSc1ccc(Cl)cc1)c1cc(-c2ccco2)nc2ccccc12. The Labute approximate surface area is 171 Å². The fraction of sp³-hybridized carbons (Fsp3) is 0.0909. The number of halogens is 1. The highest BCUT2D eigenvalue weighted by atomic mass is 35.5. The van der Waals surface area contributed by atoms with Crippen molar-refractivity contribution < 1.29 is 13.9 Å². The first-order valence-corrected chi connectivity index (χ1v) is 10.1. The summed E-state index contributed by atoms with van der Waals surface area (Å²) in [5.41, 5.74) is 1.80. The number of carbonyl (C=O) groups is 1. The summed E-state index contributed by atoms with van der Waals surface area (Å²) in [7, 11) is 0. The van der Waals surface area contributed by atoms with Crippen LogP contribution in [0.15, 0.2) is 82.3 Å². The molecule has 0 bridgehead atoms. The Morgan fingerprint density at radius 3 is 2.68 bits per heavy atom. The van der Waals surface area contributed by atoms with Gasteiger partial charge in [0.1, 0.15) is 12.3 Å². The molecule has 6 heteroatoms. The van der Waals surface area contributed by atoms with Crippen molar-refractivity contribution in [2.45, 2.75) is 4.90 Å². The van der Waals surface area contributed by atoms with Crippen LogP contribution < -0.4 is 0 Å². The molecule has 28 heavy (non-hydrogen) atoms. The minimum atomic E-state index is -0.372. The number of hydrogen-bond donors (Lipinski definition) is 0. The molecular formula is C22H16ClNO3S. The van der Waals surface area contributed by atoms with Gasteiger partial charge in [-0.3, -0.25) is 0 Å². The standard InChI is InChI=1S/C22H16ClNO3S/c23-15-7-9-16(10-8-15)28-13-12-27-22(25)18-14-20(21-6-3-11-26-21)24-19-5-2-1-4-17(18)19/h1-11,14H,12-13H2. The molecule has 4 nitrogen and oxygen atoms in total. The molecule has 0 amide bonds. The van der Waals surface area contributed by atoms with Crippen molar-refractivity contribution in [3.63, 3.8) is 0 Å². The lowest BCUT2D eigenvalue weighted by Crippen LogP contribution is -2.09. The van der Waals surface area contributed by atoms with Crippen LogP contribution in [0.2, 0.25) is 5.02 Å². The quantitative estimate of drug-likeness (QED) is 0.219. The number of ether oxygens (including phenoxy) is 1. The van der Waals surface area contributed by atoms with Crippen molar-refractivity contribution in [1.82, 2.24) is 4.98 Å². The summed E-state index contributed by atoms with van der Waals surface area (Å²) in [6, 6.07) is 20.4. The van der Waals surface area contributed by atoms with E-state index in [-0.39, 0.29) is 5.97 Å². The number of nitrogens with zero attached hydrogens (tertiary/aromatic N) is 1. The lowest BCUT2D eigenvalue weighted by Gasteiger charge is -2.09. The first-order valence-electron chi connectivity index (χ1n) is 8.70. The highest BCUT2D eigenvalue weighted by Crippen LogP contribution is 2.26. The lowest BCUT2D eigenvalue weighted by atomic mass is 10.1. The van der Waals surface area contributed by atoms with E-state index in [2.05, 4.69) is 4.98 Å². The number of hydrogen-bond acceptors (Lipinski definition) is 5. The van der Waals surface area contributed by atoms with Crippen LogP contribution >= 0.6 is 23.4 Å². The van der Waals surface area contributed by atoms with Crippen molar-refractivity contribution >= 4 is 40.2 Å². The molecule has 140 valence electrons. The second-order valence-corrected chi connectivity index (χ2v) is 7.59. The summed E-state index contributed by atoms with van der Waals surface area (Å²) in [6.07, 6.45) is 1.58. The molecule has 0 saturated heterocycles. The van der Waals surface area contributed by atoms with Crippen molar-refractivity contribution in [1.29, 1.82) is 0 Å². The largest absolute Gasteiger partial charge is 0.463 e. The van der Waals surface area contributed by atoms with Crippen LogP contribution in [0.4, 0.5) is 0 Å². The topological polar surface area (TPSA) is 52.3 Å². The molecule has 0 aliphatic heterocycles. The Hall–Kier alpha value is -2.76. The number of thioether (sulfide) groups is 1. The van der Waals surface area contributed by atoms with Gasteiger partial charge in [-0.2, -0.15) is 0 Å². The van der Waals surface area contributed by atoms with Gasteiger partial charge in [-0.15, -0.1) is 11.8 Å². The first kappa shape index (κ1) is 18.6. The van der Waals surface area contributed by atoms with Gasteiger partial charge in [0.2, 0.25) is 0 Å². The predicted molar refractivity (Wildman–Crippen MR) is 112 cm³/mol. The molecule has 0 saturated carbocycles. The van der Waals surface area contributed by atoms with Crippen LogP contribution in [0, 0.1) is 0 Å². The number of esters is 1. The molecule has 0 atom stereocenters. The fourth-order valence-corrected chi connectivity index (χ4v) is 3.65. The predicted octanol–water partition coefficient (Wildman–Crippen LogP) is 6.10. The van der Waals surface area contributed by atoms with E-state index in [9.17, 15) is 4.79 Å². The summed E-state index contributed by atoms with van der Waals surface area (Å²) in [5.74, 6) is 0.891. The van der Waals surface area contributed by atoms with Gasteiger partial charge in [0.05, 0.1) is 17.3 Å². The number of rotatable bonds is 6. The molecule has 0 unspecified atom stereocenters. The molecule has 0 aliphatic rings. The van der Waals surface area contributed by atoms with E-state index >= 15 is 0 Å². The smallest absolute Gasteiger partial charge is 0.338 e. The molecule has 2 heterocycles.